The number of hydrogen-bond donors (Lipinski definition) is 1. The van der Waals surface area contributed by atoms with Crippen LogP contribution in [0.15, 0.2) is 41.0 Å². The Labute approximate surface area is 119 Å². The van der Waals surface area contributed by atoms with Crippen LogP contribution < -0.4 is 4.74 Å². The number of hydrogen-bond acceptors (Lipinski definition) is 3. The standard InChI is InChI=1S/C13H11BrClNO2/c14-10-1-3-12(16-6-10)8-18-13-4-2-11(15)5-9(13)7-17/h1-6,17H,7-8H2. The maximum absolute atomic E-state index is 9.22. The smallest absolute Gasteiger partial charge is 0.130 e. The Morgan fingerprint density at radius 1 is 1.28 bits per heavy atom. The van der Waals surface area contributed by atoms with Gasteiger partial charge in [0.15, 0.2) is 0 Å². The van der Waals surface area contributed by atoms with E-state index in [4.69, 9.17) is 16.3 Å². The molecule has 0 fully saturated rings. The van der Waals surface area contributed by atoms with Crippen molar-refractivity contribution in [3.8, 4) is 5.75 Å². The Balaban J connectivity index is 2.08. The predicted molar refractivity (Wildman–Crippen MR) is 73.6 cm³/mol. The summed E-state index contributed by atoms with van der Waals surface area (Å²) in [4.78, 5) is 4.21. The number of rotatable bonds is 4. The third-order valence-electron chi connectivity index (χ3n) is 2.36. The van der Waals surface area contributed by atoms with Crippen LogP contribution in [0.25, 0.3) is 0 Å². The monoisotopic (exact) mass is 327 g/mol. The van der Waals surface area contributed by atoms with Crippen molar-refractivity contribution in [3.05, 3.63) is 57.3 Å². The molecule has 18 heavy (non-hydrogen) atoms. The fraction of sp³-hybridized carbons (Fsp3) is 0.154. The van der Waals surface area contributed by atoms with Crippen LogP contribution in [-0.2, 0) is 13.2 Å². The molecule has 0 aliphatic rings. The molecule has 0 radical (unpaired) electrons. The molecule has 1 aromatic heterocycles. The molecule has 0 amide bonds. The highest BCUT2D eigenvalue weighted by atomic mass is 79.9. The highest BCUT2D eigenvalue weighted by molar-refractivity contribution is 9.10. The van der Waals surface area contributed by atoms with Crippen molar-refractivity contribution in [2.24, 2.45) is 0 Å². The minimum atomic E-state index is -0.107. The van der Waals surface area contributed by atoms with Gasteiger partial charge in [0, 0.05) is 21.3 Å². The average Bonchev–Trinajstić information content (AvgIpc) is 2.39. The molecular formula is C13H11BrClNO2. The molecule has 3 nitrogen and oxygen atoms in total. The SMILES string of the molecule is OCc1cc(Cl)ccc1OCc1ccc(Br)cn1. The molecule has 0 saturated carbocycles. The van der Waals surface area contributed by atoms with E-state index in [-0.39, 0.29) is 6.61 Å². The van der Waals surface area contributed by atoms with Gasteiger partial charge in [0.1, 0.15) is 12.4 Å². The third kappa shape index (κ3) is 3.45. The second-order valence-corrected chi connectivity index (χ2v) is 5.02. The number of nitrogens with zero attached hydrogens (tertiary/aromatic N) is 1. The molecule has 1 heterocycles. The van der Waals surface area contributed by atoms with Gasteiger partial charge in [0.2, 0.25) is 0 Å². The van der Waals surface area contributed by atoms with Gasteiger partial charge in [0.25, 0.3) is 0 Å². The van der Waals surface area contributed by atoms with Crippen LogP contribution in [0, 0.1) is 0 Å². The number of aliphatic hydroxyl groups excluding tert-OH is 1. The zero-order chi connectivity index (χ0) is 13.0. The molecule has 1 aromatic carbocycles. The minimum Gasteiger partial charge on any atom is -0.487 e. The van der Waals surface area contributed by atoms with Gasteiger partial charge in [-0.1, -0.05) is 11.6 Å². The van der Waals surface area contributed by atoms with Crippen LogP contribution in [0.2, 0.25) is 5.02 Å². The Morgan fingerprint density at radius 3 is 2.78 bits per heavy atom. The lowest BCUT2D eigenvalue weighted by atomic mass is 10.2. The normalized spacial score (nSPS) is 10.4. The van der Waals surface area contributed by atoms with E-state index < -0.39 is 0 Å². The van der Waals surface area contributed by atoms with Crippen LogP contribution >= 0.6 is 27.5 Å². The molecule has 0 atom stereocenters. The van der Waals surface area contributed by atoms with Gasteiger partial charge in [-0.2, -0.15) is 0 Å². The summed E-state index contributed by atoms with van der Waals surface area (Å²) in [5, 5.41) is 9.79. The molecular weight excluding hydrogens is 318 g/mol. The van der Waals surface area contributed by atoms with Gasteiger partial charge >= 0.3 is 0 Å². The molecule has 2 aromatic rings. The summed E-state index contributed by atoms with van der Waals surface area (Å²) in [6.45, 7) is 0.242. The first-order valence-corrected chi connectivity index (χ1v) is 6.48. The predicted octanol–water partition coefficient (Wildman–Crippen LogP) is 3.57. The van der Waals surface area contributed by atoms with Crippen molar-refractivity contribution in [1.82, 2.24) is 4.98 Å². The first kappa shape index (κ1) is 13.3. The highest BCUT2D eigenvalue weighted by Crippen LogP contribution is 2.23. The molecule has 0 spiro atoms. The van der Waals surface area contributed by atoms with Crippen molar-refractivity contribution in [3.63, 3.8) is 0 Å². The molecule has 0 saturated heterocycles. The summed E-state index contributed by atoms with van der Waals surface area (Å²) in [6.07, 6.45) is 1.72. The van der Waals surface area contributed by atoms with Gasteiger partial charge in [-0.25, -0.2) is 0 Å². The fourth-order valence-corrected chi connectivity index (χ4v) is 1.89. The molecule has 2 rings (SSSR count). The number of ether oxygens (including phenoxy) is 1. The quantitative estimate of drug-likeness (QED) is 0.933. The van der Waals surface area contributed by atoms with E-state index in [1.165, 1.54) is 0 Å². The molecule has 5 heteroatoms. The molecule has 0 aliphatic carbocycles. The second-order valence-electron chi connectivity index (χ2n) is 3.67. The topological polar surface area (TPSA) is 42.4 Å². The number of aliphatic hydroxyl groups is 1. The lowest BCUT2D eigenvalue weighted by Gasteiger charge is -2.10. The zero-order valence-electron chi connectivity index (χ0n) is 9.44. The van der Waals surface area contributed by atoms with Crippen molar-refractivity contribution in [2.75, 3.05) is 0 Å². The average molecular weight is 329 g/mol. The number of benzene rings is 1. The van der Waals surface area contributed by atoms with Crippen molar-refractivity contribution >= 4 is 27.5 Å². The lowest BCUT2D eigenvalue weighted by Crippen LogP contribution is -2.00. The maximum atomic E-state index is 9.22. The van der Waals surface area contributed by atoms with Gasteiger partial charge in [0.05, 0.1) is 12.3 Å². The van der Waals surface area contributed by atoms with Crippen LogP contribution in [-0.4, -0.2) is 10.1 Å². The molecule has 0 unspecified atom stereocenters. The minimum absolute atomic E-state index is 0.107. The van der Waals surface area contributed by atoms with E-state index in [9.17, 15) is 5.11 Å². The van der Waals surface area contributed by atoms with E-state index in [2.05, 4.69) is 20.9 Å². The number of halogens is 2. The third-order valence-corrected chi connectivity index (χ3v) is 3.06. The van der Waals surface area contributed by atoms with E-state index in [0.29, 0.717) is 22.9 Å². The van der Waals surface area contributed by atoms with E-state index >= 15 is 0 Å². The van der Waals surface area contributed by atoms with Crippen molar-refractivity contribution in [1.29, 1.82) is 0 Å². The summed E-state index contributed by atoms with van der Waals surface area (Å²) < 4.78 is 6.54. The van der Waals surface area contributed by atoms with Crippen molar-refractivity contribution in [2.45, 2.75) is 13.2 Å². The Hall–Kier alpha value is -1.10. The van der Waals surface area contributed by atoms with E-state index in [1.54, 1.807) is 24.4 Å². The number of pyridine rings is 1. The lowest BCUT2D eigenvalue weighted by molar-refractivity contribution is 0.257. The van der Waals surface area contributed by atoms with Crippen LogP contribution in [0.4, 0.5) is 0 Å². The zero-order valence-corrected chi connectivity index (χ0v) is 11.8. The molecule has 0 bridgehead atoms. The Bertz CT molecular complexity index is 531. The Kier molecular flexibility index (Phi) is 4.58. The summed E-state index contributed by atoms with van der Waals surface area (Å²) in [5.74, 6) is 0.617. The molecule has 0 aliphatic heterocycles. The first-order chi connectivity index (χ1) is 8.69. The highest BCUT2D eigenvalue weighted by Gasteiger charge is 2.04. The maximum Gasteiger partial charge on any atom is 0.130 e. The van der Waals surface area contributed by atoms with Gasteiger partial charge in [-0.05, 0) is 46.3 Å². The van der Waals surface area contributed by atoms with Crippen LogP contribution in [0.1, 0.15) is 11.3 Å². The molecule has 94 valence electrons. The van der Waals surface area contributed by atoms with E-state index in [0.717, 1.165) is 10.2 Å². The summed E-state index contributed by atoms with van der Waals surface area (Å²) in [6, 6.07) is 8.93. The van der Waals surface area contributed by atoms with Crippen molar-refractivity contribution < 1.29 is 9.84 Å². The number of aromatic nitrogens is 1. The Morgan fingerprint density at radius 2 is 2.11 bits per heavy atom. The first-order valence-electron chi connectivity index (χ1n) is 5.31. The van der Waals surface area contributed by atoms with Gasteiger partial charge < -0.3 is 9.84 Å². The summed E-state index contributed by atoms with van der Waals surface area (Å²) in [7, 11) is 0. The fourth-order valence-electron chi connectivity index (χ4n) is 1.46. The van der Waals surface area contributed by atoms with E-state index in [1.807, 2.05) is 12.1 Å². The summed E-state index contributed by atoms with van der Waals surface area (Å²) >= 11 is 9.17. The van der Waals surface area contributed by atoms with Crippen LogP contribution in [0.3, 0.4) is 0 Å². The molecule has 1 N–H and O–H groups in total. The summed E-state index contributed by atoms with van der Waals surface area (Å²) in [5.41, 5.74) is 1.48. The van der Waals surface area contributed by atoms with Gasteiger partial charge in [-0.15, -0.1) is 0 Å². The second kappa shape index (κ2) is 6.18. The van der Waals surface area contributed by atoms with Gasteiger partial charge in [-0.3, -0.25) is 4.98 Å². The largest absolute Gasteiger partial charge is 0.487 e. The van der Waals surface area contributed by atoms with Crippen LogP contribution in [0.5, 0.6) is 5.75 Å².